The molecule has 0 radical (unpaired) electrons. The van der Waals surface area contributed by atoms with Crippen LogP contribution in [0.2, 0.25) is 0 Å². The van der Waals surface area contributed by atoms with Crippen molar-refractivity contribution in [2.75, 3.05) is 23.8 Å². The van der Waals surface area contributed by atoms with E-state index in [4.69, 9.17) is 10.5 Å². The van der Waals surface area contributed by atoms with E-state index in [1.807, 2.05) is 25.4 Å². The molecule has 2 aliphatic heterocycles. The summed E-state index contributed by atoms with van der Waals surface area (Å²) in [5, 5.41) is 0. The Labute approximate surface area is 182 Å². The lowest BCUT2D eigenvalue weighted by Gasteiger charge is -2.26. The average molecular weight is 415 g/mol. The normalized spacial score (nSPS) is 14.9. The predicted octanol–water partition coefficient (Wildman–Crippen LogP) is 4.21. The molecule has 158 valence electrons. The molecule has 4 heterocycles. The number of fused-ring (bicyclic) bond motifs is 2. The van der Waals surface area contributed by atoms with Gasteiger partial charge in [-0.1, -0.05) is 19.9 Å². The summed E-state index contributed by atoms with van der Waals surface area (Å²) in [5.74, 6) is 2.41. The molecule has 7 nitrogen and oxygen atoms in total. The van der Waals surface area contributed by atoms with Crippen LogP contribution in [0.5, 0.6) is 5.75 Å². The van der Waals surface area contributed by atoms with Crippen LogP contribution < -0.4 is 15.4 Å². The van der Waals surface area contributed by atoms with Gasteiger partial charge in [0.1, 0.15) is 18.2 Å². The second-order valence-corrected chi connectivity index (χ2v) is 8.36. The van der Waals surface area contributed by atoms with Crippen LogP contribution in [0.15, 0.2) is 35.5 Å². The molecule has 2 N–H and O–H groups in total. The molecule has 0 amide bonds. The number of ether oxygens (including phenoxy) is 1. The van der Waals surface area contributed by atoms with E-state index in [0.717, 1.165) is 63.9 Å². The molecule has 0 bridgehead atoms. The molecule has 0 unspecified atom stereocenters. The molecule has 0 saturated heterocycles. The maximum atomic E-state index is 6.07. The Kier molecular flexibility index (Phi) is 4.81. The maximum absolute atomic E-state index is 6.07. The molecule has 0 spiro atoms. The summed E-state index contributed by atoms with van der Waals surface area (Å²) in [4.78, 5) is 20.3. The topological polar surface area (TPSA) is 89.5 Å². The van der Waals surface area contributed by atoms with Gasteiger partial charge in [0.25, 0.3) is 0 Å². The fourth-order valence-electron chi connectivity index (χ4n) is 4.40. The fourth-order valence-corrected chi connectivity index (χ4v) is 4.40. The van der Waals surface area contributed by atoms with Crippen molar-refractivity contribution in [3.8, 4) is 16.9 Å². The quantitative estimate of drug-likeness (QED) is 0.690. The van der Waals surface area contributed by atoms with E-state index < -0.39 is 0 Å². The van der Waals surface area contributed by atoms with E-state index in [1.54, 1.807) is 0 Å². The highest BCUT2D eigenvalue weighted by Gasteiger charge is 2.23. The van der Waals surface area contributed by atoms with Crippen molar-refractivity contribution in [2.45, 2.75) is 39.7 Å². The molecule has 2 aliphatic rings. The zero-order chi connectivity index (χ0) is 21.5. The third-order valence-corrected chi connectivity index (χ3v) is 5.85. The Morgan fingerprint density at radius 3 is 2.84 bits per heavy atom. The van der Waals surface area contributed by atoms with Crippen LogP contribution in [0, 0.1) is 6.92 Å². The summed E-state index contributed by atoms with van der Waals surface area (Å²) in [6.45, 7) is 8.33. The first kappa shape index (κ1) is 19.5. The van der Waals surface area contributed by atoms with E-state index in [-0.39, 0.29) is 0 Å². The summed E-state index contributed by atoms with van der Waals surface area (Å²) in [6.07, 6.45) is 4.64. The van der Waals surface area contributed by atoms with Gasteiger partial charge in [0.05, 0.1) is 17.9 Å². The van der Waals surface area contributed by atoms with Gasteiger partial charge in [-0.2, -0.15) is 4.98 Å². The average Bonchev–Trinajstić information content (AvgIpc) is 3.10. The lowest BCUT2D eigenvalue weighted by molar-refractivity contribution is 0.331. The third-order valence-electron chi connectivity index (χ3n) is 5.85. The number of hydrogen-bond acceptors (Lipinski definition) is 7. The number of rotatable bonds is 3. The summed E-state index contributed by atoms with van der Waals surface area (Å²) in [6, 6.07) is 8.42. The van der Waals surface area contributed by atoms with Gasteiger partial charge < -0.3 is 15.4 Å². The minimum absolute atomic E-state index is 0.295. The molecular formula is C24H26N6O. The molecule has 0 saturated carbocycles. The summed E-state index contributed by atoms with van der Waals surface area (Å²) >= 11 is 0. The van der Waals surface area contributed by atoms with Gasteiger partial charge in [-0.25, -0.2) is 4.98 Å². The van der Waals surface area contributed by atoms with Gasteiger partial charge in [-0.15, -0.1) is 0 Å². The zero-order valence-electron chi connectivity index (χ0n) is 18.1. The Morgan fingerprint density at radius 2 is 2.00 bits per heavy atom. The van der Waals surface area contributed by atoms with E-state index in [0.29, 0.717) is 25.0 Å². The first-order chi connectivity index (χ1) is 15.0. The van der Waals surface area contributed by atoms with Crippen molar-refractivity contribution < 1.29 is 4.74 Å². The summed E-state index contributed by atoms with van der Waals surface area (Å²) < 4.78 is 6.07. The highest BCUT2D eigenvalue weighted by Crippen LogP contribution is 2.35. The highest BCUT2D eigenvalue weighted by atomic mass is 16.5. The summed E-state index contributed by atoms with van der Waals surface area (Å²) in [7, 11) is 0. The van der Waals surface area contributed by atoms with Crippen molar-refractivity contribution in [1.29, 1.82) is 0 Å². The van der Waals surface area contributed by atoms with Crippen LogP contribution >= 0.6 is 0 Å². The Balaban J connectivity index is 1.53. The Hall–Kier alpha value is -3.48. The van der Waals surface area contributed by atoms with E-state index in [9.17, 15) is 0 Å². The zero-order valence-corrected chi connectivity index (χ0v) is 18.1. The van der Waals surface area contributed by atoms with E-state index in [2.05, 4.69) is 56.9 Å². The monoisotopic (exact) mass is 414 g/mol. The Bertz CT molecular complexity index is 1190. The number of aromatic nitrogens is 3. The number of hydrogen-bond donors (Lipinski definition) is 1. The van der Waals surface area contributed by atoms with Crippen molar-refractivity contribution in [2.24, 2.45) is 4.99 Å². The fraction of sp³-hybridized carbons (Fsp3) is 0.333. The smallest absolute Gasteiger partial charge is 0.222 e. The van der Waals surface area contributed by atoms with Crippen LogP contribution in [0.25, 0.3) is 11.1 Å². The molecular weight excluding hydrogens is 388 g/mol. The van der Waals surface area contributed by atoms with Crippen molar-refractivity contribution >= 4 is 23.7 Å². The number of benzene rings is 1. The van der Waals surface area contributed by atoms with E-state index >= 15 is 0 Å². The first-order valence-corrected chi connectivity index (χ1v) is 10.7. The van der Waals surface area contributed by atoms with Gasteiger partial charge in [0.2, 0.25) is 5.95 Å². The minimum Gasteiger partial charge on any atom is -0.491 e. The van der Waals surface area contributed by atoms with Crippen LogP contribution in [-0.4, -0.2) is 34.3 Å². The number of aryl methyl sites for hydroxylation is 1. The number of anilines is 2. The molecule has 5 rings (SSSR count). The second-order valence-electron chi connectivity index (χ2n) is 8.36. The SMILES string of the molecule is Cc1nc(N)nc(N2CCOc3ccc(-c4cnc5c(c4)N=CC5)cc3C2)c1C(C)C. The van der Waals surface area contributed by atoms with Gasteiger partial charge in [0, 0.05) is 47.8 Å². The highest BCUT2D eigenvalue weighted by molar-refractivity contribution is 5.78. The molecule has 1 aromatic carbocycles. The van der Waals surface area contributed by atoms with Gasteiger partial charge in [0.15, 0.2) is 0 Å². The van der Waals surface area contributed by atoms with Crippen LogP contribution in [0.4, 0.5) is 17.5 Å². The van der Waals surface area contributed by atoms with Gasteiger partial charge in [-0.05, 0) is 36.6 Å². The molecule has 31 heavy (non-hydrogen) atoms. The number of nitrogen functional groups attached to an aromatic ring is 1. The van der Waals surface area contributed by atoms with Crippen LogP contribution in [0.1, 0.15) is 42.3 Å². The number of aliphatic imine (C=N–C) groups is 1. The Morgan fingerprint density at radius 1 is 1.13 bits per heavy atom. The van der Waals surface area contributed by atoms with Crippen molar-refractivity contribution in [3.63, 3.8) is 0 Å². The standard InChI is InChI=1S/C24H26N6O/c1-14(2)22-15(3)28-24(25)29-23(22)30-8-9-31-21-5-4-16(10-18(21)13-30)17-11-20-19(27-12-17)6-7-26-20/h4-5,7,10-12,14H,6,8-9,13H2,1-3H3,(H2,25,28,29). The molecule has 0 fully saturated rings. The van der Waals surface area contributed by atoms with E-state index in [1.165, 1.54) is 0 Å². The number of nitrogens with zero attached hydrogens (tertiary/aromatic N) is 5. The third kappa shape index (κ3) is 3.60. The second kappa shape index (κ2) is 7.65. The van der Waals surface area contributed by atoms with Gasteiger partial charge in [-0.3, -0.25) is 9.98 Å². The largest absolute Gasteiger partial charge is 0.491 e. The van der Waals surface area contributed by atoms with Crippen molar-refractivity contribution in [1.82, 2.24) is 15.0 Å². The van der Waals surface area contributed by atoms with Crippen LogP contribution in [0.3, 0.4) is 0 Å². The molecule has 0 aliphatic carbocycles. The maximum Gasteiger partial charge on any atom is 0.222 e. The lowest BCUT2D eigenvalue weighted by Crippen LogP contribution is -2.28. The number of pyridine rings is 1. The molecule has 0 atom stereocenters. The first-order valence-electron chi connectivity index (χ1n) is 10.7. The van der Waals surface area contributed by atoms with Gasteiger partial charge >= 0.3 is 0 Å². The number of nitrogens with two attached hydrogens (primary N) is 1. The molecule has 3 aromatic rings. The lowest BCUT2D eigenvalue weighted by atomic mass is 10.0. The minimum atomic E-state index is 0.295. The molecule has 7 heteroatoms. The van der Waals surface area contributed by atoms with Crippen LogP contribution in [-0.2, 0) is 13.0 Å². The molecule has 2 aromatic heterocycles. The summed E-state index contributed by atoms with van der Waals surface area (Å²) in [5.41, 5.74) is 13.3. The predicted molar refractivity (Wildman–Crippen MR) is 123 cm³/mol. The van der Waals surface area contributed by atoms with Crippen molar-refractivity contribution in [3.05, 3.63) is 53.0 Å².